The van der Waals surface area contributed by atoms with Crippen molar-refractivity contribution < 1.29 is 8.78 Å². The van der Waals surface area contributed by atoms with E-state index in [4.69, 9.17) is 0 Å². The first-order chi connectivity index (χ1) is 12.5. The van der Waals surface area contributed by atoms with Gasteiger partial charge in [0, 0.05) is 30.2 Å². The lowest BCUT2D eigenvalue weighted by molar-refractivity contribution is 0.163. The molecule has 0 fully saturated rings. The zero-order chi connectivity index (χ0) is 18.3. The van der Waals surface area contributed by atoms with Crippen LogP contribution in [-0.4, -0.2) is 37.3 Å². The molecule has 4 aromatic heterocycles. The first-order valence-corrected chi connectivity index (χ1v) is 7.86. The van der Waals surface area contributed by atoms with Crippen LogP contribution in [0.2, 0.25) is 0 Å². The van der Waals surface area contributed by atoms with Crippen molar-refractivity contribution in [3.8, 4) is 5.69 Å². The van der Waals surface area contributed by atoms with Gasteiger partial charge >= 0.3 is 0 Å². The number of anilines is 1. The van der Waals surface area contributed by atoms with Crippen LogP contribution in [0.15, 0.2) is 47.7 Å². The molecule has 4 heterocycles. The second-order valence-electron chi connectivity index (χ2n) is 5.76. The minimum Gasteiger partial charge on any atom is -0.364 e. The third kappa shape index (κ3) is 2.67. The predicted octanol–water partition coefficient (Wildman–Crippen LogP) is 2.34. The second-order valence-corrected chi connectivity index (χ2v) is 5.76. The maximum absolute atomic E-state index is 13.0. The van der Waals surface area contributed by atoms with Crippen molar-refractivity contribution in [1.29, 1.82) is 0 Å². The Bertz CT molecular complexity index is 1150. The number of aromatic nitrogens is 5. The fraction of sp³-hybridized carbons (Fsp3) is 0.176. The van der Waals surface area contributed by atoms with Gasteiger partial charge in [-0.2, -0.15) is 5.10 Å². The van der Waals surface area contributed by atoms with E-state index in [0.717, 1.165) is 0 Å². The Labute approximate surface area is 145 Å². The molecular weight excluding hydrogens is 342 g/mol. The van der Waals surface area contributed by atoms with Crippen LogP contribution in [0.1, 0.15) is 0 Å². The van der Waals surface area contributed by atoms with Gasteiger partial charge in [-0.05, 0) is 24.3 Å². The van der Waals surface area contributed by atoms with Gasteiger partial charge in [0.2, 0.25) is 0 Å². The van der Waals surface area contributed by atoms with Crippen LogP contribution in [0.5, 0.6) is 0 Å². The van der Waals surface area contributed by atoms with Gasteiger partial charge in [0.1, 0.15) is 5.82 Å². The van der Waals surface area contributed by atoms with Gasteiger partial charge in [-0.25, -0.2) is 13.8 Å². The van der Waals surface area contributed by atoms with Crippen molar-refractivity contribution in [2.24, 2.45) is 7.05 Å². The van der Waals surface area contributed by atoms with E-state index in [9.17, 15) is 13.6 Å². The molecule has 0 saturated carbocycles. The molecule has 0 aliphatic rings. The van der Waals surface area contributed by atoms with E-state index in [0.29, 0.717) is 27.6 Å². The van der Waals surface area contributed by atoms with Crippen LogP contribution >= 0.6 is 0 Å². The highest BCUT2D eigenvalue weighted by Crippen LogP contribution is 2.24. The molecule has 0 unspecified atom stereocenters. The number of nitrogens with one attached hydrogen (secondary N) is 1. The molecule has 0 aromatic carbocycles. The number of rotatable bonds is 4. The van der Waals surface area contributed by atoms with Gasteiger partial charge in [-0.15, -0.1) is 0 Å². The Morgan fingerprint density at radius 2 is 2.08 bits per heavy atom. The predicted molar refractivity (Wildman–Crippen MR) is 93.9 cm³/mol. The van der Waals surface area contributed by atoms with Gasteiger partial charge < -0.3 is 5.32 Å². The minimum atomic E-state index is -2.51. The van der Waals surface area contributed by atoms with Crippen molar-refractivity contribution in [3.05, 3.63) is 53.2 Å². The quantitative estimate of drug-likeness (QED) is 0.607. The molecule has 0 bridgehead atoms. The molecular formula is C17H14F2N6O. The van der Waals surface area contributed by atoms with E-state index in [1.165, 1.54) is 10.8 Å². The number of halogens is 2. The van der Waals surface area contributed by atoms with Gasteiger partial charge in [0.25, 0.3) is 12.0 Å². The Balaban J connectivity index is 2.05. The van der Waals surface area contributed by atoms with E-state index in [-0.39, 0.29) is 11.4 Å². The zero-order valence-electron chi connectivity index (χ0n) is 13.7. The molecule has 1 N–H and O–H groups in total. The first kappa shape index (κ1) is 16.1. The highest BCUT2D eigenvalue weighted by molar-refractivity contribution is 6.03. The molecule has 4 rings (SSSR count). The lowest BCUT2D eigenvalue weighted by Crippen LogP contribution is -2.21. The number of hydrogen-bond acceptors (Lipinski definition) is 5. The summed E-state index contributed by atoms with van der Waals surface area (Å²) in [6.45, 7) is -0.523. The number of hydrogen-bond donors (Lipinski definition) is 1. The highest BCUT2D eigenvalue weighted by atomic mass is 19.3. The summed E-state index contributed by atoms with van der Waals surface area (Å²) in [6, 6.07) is 6.78. The molecule has 0 saturated heterocycles. The largest absolute Gasteiger partial charge is 0.364 e. The van der Waals surface area contributed by atoms with Crippen molar-refractivity contribution >= 4 is 27.8 Å². The van der Waals surface area contributed by atoms with Crippen LogP contribution < -0.4 is 10.9 Å². The fourth-order valence-corrected chi connectivity index (χ4v) is 2.88. The lowest BCUT2D eigenvalue weighted by atomic mass is 10.2. The molecule has 26 heavy (non-hydrogen) atoms. The topological polar surface area (TPSA) is 77.6 Å². The summed E-state index contributed by atoms with van der Waals surface area (Å²) < 4.78 is 27.9. The van der Waals surface area contributed by atoms with Gasteiger partial charge in [-0.1, -0.05) is 0 Å². The Morgan fingerprint density at radius 1 is 1.23 bits per heavy atom. The third-order valence-electron chi connectivity index (χ3n) is 3.95. The minimum absolute atomic E-state index is 0.262. The summed E-state index contributed by atoms with van der Waals surface area (Å²) in [5.74, 6) is 0.262. The summed E-state index contributed by atoms with van der Waals surface area (Å²) in [6.07, 6.45) is 2.37. The van der Waals surface area contributed by atoms with Crippen molar-refractivity contribution in [2.45, 2.75) is 6.43 Å². The van der Waals surface area contributed by atoms with Crippen LogP contribution in [0.4, 0.5) is 14.6 Å². The van der Waals surface area contributed by atoms with Gasteiger partial charge in [0.15, 0.2) is 11.2 Å². The number of pyridine rings is 3. The number of fused-ring (bicyclic) bond motifs is 3. The molecule has 0 spiro atoms. The summed E-state index contributed by atoms with van der Waals surface area (Å²) in [5, 5.41) is 8.17. The van der Waals surface area contributed by atoms with Crippen molar-refractivity contribution in [1.82, 2.24) is 24.3 Å². The second kappa shape index (κ2) is 6.17. The smallest absolute Gasteiger partial charge is 0.285 e. The monoisotopic (exact) mass is 356 g/mol. The summed E-state index contributed by atoms with van der Waals surface area (Å²) in [4.78, 5) is 21.5. The maximum atomic E-state index is 13.0. The van der Waals surface area contributed by atoms with E-state index in [1.54, 1.807) is 48.4 Å². The first-order valence-electron chi connectivity index (χ1n) is 7.86. The SMILES string of the molecule is Cn1cc2c(n1)c(=O)n(-c1cccnc1)c1nc(NCC(F)F)ccc21. The average molecular weight is 356 g/mol. The number of alkyl halides is 2. The molecule has 4 aromatic rings. The van der Waals surface area contributed by atoms with Gasteiger partial charge in [0.05, 0.1) is 18.4 Å². The molecule has 0 radical (unpaired) electrons. The van der Waals surface area contributed by atoms with Crippen LogP contribution in [0.3, 0.4) is 0 Å². The highest BCUT2D eigenvalue weighted by Gasteiger charge is 2.17. The van der Waals surface area contributed by atoms with E-state index >= 15 is 0 Å². The van der Waals surface area contributed by atoms with E-state index in [2.05, 4.69) is 20.4 Å². The van der Waals surface area contributed by atoms with Crippen LogP contribution in [0.25, 0.3) is 27.6 Å². The number of nitrogens with zero attached hydrogens (tertiary/aromatic N) is 5. The van der Waals surface area contributed by atoms with Crippen molar-refractivity contribution in [3.63, 3.8) is 0 Å². The maximum Gasteiger partial charge on any atom is 0.285 e. The normalized spacial score (nSPS) is 11.5. The summed E-state index contributed by atoms with van der Waals surface area (Å²) in [7, 11) is 1.73. The summed E-state index contributed by atoms with van der Waals surface area (Å²) in [5.41, 5.74) is 0.829. The fourth-order valence-electron chi connectivity index (χ4n) is 2.88. The van der Waals surface area contributed by atoms with E-state index < -0.39 is 13.0 Å². The lowest BCUT2D eigenvalue weighted by Gasteiger charge is -2.12. The third-order valence-corrected chi connectivity index (χ3v) is 3.95. The standard InChI is InChI=1S/C17H14F2N6O/c1-24-9-12-11-4-5-14(21-8-13(18)19)22-16(11)25(17(26)15(12)23-24)10-3-2-6-20-7-10/h2-7,9,13H,8H2,1H3,(H,21,22). The Hall–Kier alpha value is -3.36. The zero-order valence-corrected chi connectivity index (χ0v) is 13.7. The molecule has 0 aliphatic carbocycles. The molecule has 0 amide bonds. The Morgan fingerprint density at radius 3 is 2.81 bits per heavy atom. The molecule has 0 aliphatic heterocycles. The molecule has 9 heteroatoms. The van der Waals surface area contributed by atoms with Crippen molar-refractivity contribution in [2.75, 3.05) is 11.9 Å². The van der Waals surface area contributed by atoms with Crippen LogP contribution in [0, 0.1) is 0 Å². The van der Waals surface area contributed by atoms with Gasteiger partial charge in [-0.3, -0.25) is 19.0 Å². The average Bonchev–Trinajstić information content (AvgIpc) is 3.03. The molecule has 132 valence electrons. The van der Waals surface area contributed by atoms with E-state index in [1.807, 2.05) is 0 Å². The molecule has 7 nitrogen and oxygen atoms in total. The van der Waals surface area contributed by atoms with Crippen LogP contribution in [-0.2, 0) is 7.05 Å². The number of aryl methyl sites for hydroxylation is 1. The Kier molecular flexibility index (Phi) is 3.83. The summed E-state index contributed by atoms with van der Waals surface area (Å²) >= 11 is 0. The molecule has 0 atom stereocenters.